The van der Waals surface area contributed by atoms with Crippen molar-refractivity contribution in [2.45, 2.75) is 38.7 Å². The van der Waals surface area contributed by atoms with Gasteiger partial charge in [-0.05, 0) is 50.7 Å². The van der Waals surface area contributed by atoms with Crippen LogP contribution in [-0.2, 0) is 4.74 Å². The fourth-order valence-electron chi connectivity index (χ4n) is 2.43. The van der Waals surface area contributed by atoms with Crippen LogP contribution in [0.1, 0.15) is 43.0 Å². The number of carbonyl (C=O) groups is 1. The minimum Gasteiger partial charge on any atom is -0.462 e. The summed E-state index contributed by atoms with van der Waals surface area (Å²) in [5.41, 5.74) is 0.471. The molecule has 1 saturated carbocycles. The highest BCUT2D eigenvalue weighted by Crippen LogP contribution is 2.24. The smallest absolute Gasteiger partial charge is 0.339 e. The summed E-state index contributed by atoms with van der Waals surface area (Å²) in [6.45, 7) is 3.01. The third kappa shape index (κ3) is 4.20. The van der Waals surface area contributed by atoms with E-state index in [2.05, 4.69) is 10.3 Å². The van der Waals surface area contributed by atoms with Crippen LogP contribution >= 0.6 is 0 Å². The van der Waals surface area contributed by atoms with Crippen molar-refractivity contribution in [3.63, 3.8) is 0 Å². The second-order valence-corrected chi connectivity index (χ2v) is 5.21. The number of carbonyl (C=O) groups excluding carboxylic acids is 1. The van der Waals surface area contributed by atoms with Crippen LogP contribution in [0.2, 0.25) is 0 Å². The van der Waals surface area contributed by atoms with Crippen molar-refractivity contribution < 1.29 is 14.6 Å². The number of nitrogens with one attached hydrogen (secondary N) is 1. The Bertz CT molecular complexity index is 425. The molecule has 1 aromatic rings. The predicted molar refractivity (Wildman–Crippen MR) is 76.6 cm³/mol. The van der Waals surface area contributed by atoms with Gasteiger partial charge in [0.25, 0.3) is 0 Å². The van der Waals surface area contributed by atoms with Crippen molar-refractivity contribution in [3.8, 4) is 0 Å². The van der Waals surface area contributed by atoms with Crippen LogP contribution in [0.5, 0.6) is 0 Å². The molecule has 1 aliphatic carbocycles. The quantitative estimate of drug-likeness (QED) is 0.808. The molecule has 1 aromatic heterocycles. The van der Waals surface area contributed by atoms with E-state index in [-0.39, 0.29) is 12.1 Å². The van der Waals surface area contributed by atoms with Gasteiger partial charge in [-0.15, -0.1) is 0 Å². The highest BCUT2D eigenvalue weighted by atomic mass is 16.5. The highest BCUT2D eigenvalue weighted by Gasteiger charge is 2.19. The maximum Gasteiger partial charge on any atom is 0.339 e. The number of hydrogen-bond donors (Lipinski definition) is 2. The van der Waals surface area contributed by atoms with E-state index in [1.54, 1.807) is 19.1 Å². The Morgan fingerprint density at radius 2 is 2.15 bits per heavy atom. The first-order valence-electron chi connectivity index (χ1n) is 7.24. The lowest BCUT2D eigenvalue weighted by molar-refractivity contribution is 0.0526. The zero-order valence-corrected chi connectivity index (χ0v) is 11.8. The Morgan fingerprint density at radius 1 is 1.40 bits per heavy atom. The first kappa shape index (κ1) is 14.8. The molecule has 0 aromatic carbocycles. The van der Waals surface area contributed by atoms with E-state index < -0.39 is 0 Å². The van der Waals surface area contributed by atoms with Gasteiger partial charge in [0.1, 0.15) is 5.82 Å². The number of rotatable bonds is 5. The number of aromatic nitrogens is 1. The van der Waals surface area contributed by atoms with Crippen molar-refractivity contribution in [2.24, 2.45) is 5.92 Å². The first-order valence-corrected chi connectivity index (χ1v) is 7.24. The average molecular weight is 278 g/mol. The van der Waals surface area contributed by atoms with Crippen LogP contribution in [0.25, 0.3) is 0 Å². The molecule has 5 nitrogen and oxygen atoms in total. The third-order valence-corrected chi connectivity index (χ3v) is 3.66. The number of anilines is 1. The molecule has 1 heterocycles. The second kappa shape index (κ2) is 7.24. The number of pyridine rings is 1. The summed E-state index contributed by atoms with van der Waals surface area (Å²) in [7, 11) is 0. The van der Waals surface area contributed by atoms with Crippen LogP contribution in [0, 0.1) is 5.92 Å². The van der Waals surface area contributed by atoms with Gasteiger partial charge in [0.15, 0.2) is 0 Å². The van der Waals surface area contributed by atoms with E-state index in [0.29, 0.717) is 18.1 Å². The fourth-order valence-corrected chi connectivity index (χ4v) is 2.43. The molecular weight excluding hydrogens is 256 g/mol. The van der Waals surface area contributed by atoms with Crippen molar-refractivity contribution >= 4 is 11.8 Å². The van der Waals surface area contributed by atoms with Crippen LogP contribution in [0.4, 0.5) is 5.82 Å². The number of ether oxygens (including phenoxy) is 1. The number of esters is 1. The van der Waals surface area contributed by atoms with E-state index in [1.165, 1.54) is 6.20 Å². The van der Waals surface area contributed by atoms with Crippen molar-refractivity contribution in [1.82, 2.24) is 4.98 Å². The fraction of sp³-hybridized carbons (Fsp3) is 0.600. The van der Waals surface area contributed by atoms with Crippen molar-refractivity contribution in [3.05, 3.63) is 23.9 Å². The standard InChI is InChI=1S/C15H22N2O3/c1-2-20-15(19)12-5-8-14(17-10-12)16-9-11-3-6-13(18)7-4-11/h5,8,10-11,13,18H,2-4,6-7,9H2,1H3,(H,16,17). The average Bonchev–Trinajstić information content (AvgIpc) is 2.47. The lowest BCUT2D eigenvalue weighted by Gasteiger charge is -2.25. The summed E-state index contributed by atoms with van der Waals surface area (Å²) >= 11 is 0. The minimum atomic E-state index is -0.340. The van der Waals surface area contributed by atoms with Crippen molar-refractivity contribution in [2.75, 3.05) is 18.5 Å². The summed E-state index contributed by atoms with van der Waals surface area (Å²) in [4.78, 5) is 15.7. The molecule has 0 atom stereocenters. The Morgan fingerprint density at radius 3 is 2.75 bits per heavy atom. The zero-order valence-electron chi connectivity index (χ0n) is 11.8. The number of aliphatic hydroxyl groups is 1. The van der Waals surface area contributed by atoms with Gasteiger partial charge in [-0.2, -0.15) is 0 Å². The Labute approximate surface area is 119 Å². The van der Waals surface area contributed by atoms with E-state index in [1.807, 2.05) is 0 Å². The summed E-state index contributed by atoms with van der Waals surface area (Å²) < 4.78 is 4.91. The molecule has 0 unspecified atom stereocenters. The highest BCUT2D eigenvalue weighted by molar-refractivity contribution is 5.89. The molecule has 110 valence electrons. The zero-order chi connectivity index (χ0) is 14.4. The van der Waals surface area contributed by atoms with Crippen LogP contribution < -0.4 is 5.32 Å². The second-order valence-electron chi connectivity index (χ2n) is 5.21. The molecule has 5 heteroatoms. The Hall–Kier alpha value is -1.62. The SMILES string of the molecule is CCOC(=O)c1ccc(NCC2CCC(O)CC2)nc1. The largest absolute Gasteiger partial charge is 0.462 e. The van der Waals surface area contributed by atoms with E-state index in [9.17, 15) is 9.90 Å². The van der Waals surface area contributed by atoms with E-state index in [4.69, 9.17) is 4.74 Å². The molecule has 0 radical (unpaired) electrons. The first-order chi connectivity index (χ1) is 9.69. The van der Waals surface area contributed by atoms with Gasteiger partial charge in [0.05, 0.1) is 18.3 Å². The normalized spacial score (nSPS) is 22.3. The monoisotopic (exact) mass is 278 g/mol. The maximum absolute atomic E-state index is 11.5. The number of nitrogens with zero attached hydrogens (tertiary/aromatic N) is 1. The van der Waals surface area contributed by atoms with E-state index in [0.717, 1.165) is 38.0 Å². The van der Waals surface area contributed by atoms with E-state index >= 15 is 0 Å². The van der Waals surface area contributed by atoms with Gasteiger partial charge in [-0.1, -0.05) is 0 Å². The van der Waals surface area contributed by atoms with Gasteiger partial charge < -0.3 is 15.2 Å². The molecule has 0 amide bonds. The molecule has 0 bridgehead atoms. The Kier molecular flexibility index (Phi) is 5.35. The maximum atomic E-state index is 11.5. The number of aliphatic hydroxyl groups excluding tert-OH is 1. The molecule has 20 heavy (non-hydrogen) atoms. The molecular formula is C15H22N2O3. The van der Waals surface area contributed by atoms with Crippen LogP contribution in [0.15, 0.2) is 18.3 Å². The summed E-state index contributed by atoms with van der Waals surface area (Å²) in [5, 5.41) is 12.7. The predicted octanol–water partition coefficient (Wildman–Crippen LogP) is 2.22. The van der Waals surface area contributed by atoms with Crippen LogP contribution in [-0.4, -0.2) is 35.3 Å². The molecule has 0 saturated heterocycles. The van der Waals surface area contributed by atoms with Gasteiger partial charge in [-0.3, -0.25) is 0 Å². The summed E-state index contributed by atoms with van der Waals surface area (Å²) in [6.07, 6.45) is 5.30. The molecule has 2 rings (SSSR count). The van der Waals surface area contributed by atoms with Gasteiger partial charge in [0, 0.05) is 12.7 Å². The Balaban J connectivity index is 1.80. The molecule has 0 spiro atoms. The third-order valence-electron chi connectivity index (χ3n) is 3.66. The molecule has 1 aliphatic rings. The van der Waals surface area contributed by atoms with Gasteiger partial charge in [-0.25, -0.2) is 9.78 Å². The topological polar surface area (TPSA) is 71.5 Å². The van der Waals surface area contributed by atoms with Crippen LogP contribution in [0.3, 0.4) is 0 Å². The van der Waals surface area contributed by atoms with Crippen molar-refractivity contribution in [1.29, 1.82) is 0 Å². The minimum absolute atomic E-state index is 0.117. The summed E-state index contributed by atoms with van der Waals surface area (Å²) in [6, 6.07) is 3.52. The lowest BCUT2D eigenvalue weighted by atomic mass is 9.87. The van der Waals surface area contributed by atoms with Gasteiger partial charge >= 0.3 is 5.97 Å². The molecule has 1 fully saturated rings. The summed E-state index contributed by atoms with van der Waals surface area (Å²) in [5.74, 6) is 1.02. The van der Waals surface area contributed by atoms with Gasteiger partial charge in [0.2, 0.25) is 0 Å². The molecule has 2 N–H and O–H groups in total. The molecule has 0 aliphatic heterocycles. The number of hydrogen-bond acceptors (Lipinski definition) is 5. The lowest BCUT2D eigenvalue weighted by Crippen LogP contribution is -2.23.